The first-order valence-corrected chi connectivity index (χ1v) is 9.74. The SMILES string of the molecule is O=C(Nc1ccnc(C(F)(F)F)c1)c1cnn(-c2cnc(Cl)c3sccc23)c1C(F)(F)F. The summed E-state index contributed by atoms with van der Waals surface area (Å²) in [6, 6.07) is 3.05. The van der Waals surface area contributed by atoms with Crippen LogP contribution in [0.5, 0.6) is 0 Å². The van der Waals surface area contributed by atoms with Gasteiger partial charge in [-0.2, -0.15) is 31.4 Å². The lowest BCUT2D eigenvalue weighted by Crippen LogP contribution is -2.21. The van der Waals surface area contributed by atoms with Crippen LogP contribution in [0.2, 0.25) is 5.15 Å². The molecular formula is C18H8ClF6N5OS. The highest BCUT2D eigenvalue weighted by atomic mass is 35.5. The van der Waals surface area contributed by atoms with Crippen LogP contribution in [0.15, 0.2) is 42.2 Å². The van der Waals surface area contributed by atoms with Crippen LogP contribution in [0.25, 0.3) is 15.8 Å². The van der Waals surface area contributed by atoms with Gasteiger partial charge in [0, 0.05) is 17.3 Å². The summed E-state index contributed by atoms with van der Waals surface area (Å²) in [6.07, 6.45) is -7.29. The molecule has 166 valence electrons. The van der Waals surface area contributed by atoms with E-state index >= 15 is 0 Å². The van der Waals surface area contributed by atoms with E-state index in [0.717, 1.165) is 29.8 Å². The lowest BCUT2D eigenvalue weighted by Gasteiger charge is -2.14. The zero-order chi connectivity index (χ0) is 23.3. The van der Waals surface area contributed by atoms with Crippen LogP contribution in [0.1, 0.15) is 21.7 Å². The van der Waals surface area contributed by atoms with Crippen LogP contribution < -0.4 is 5.32 Å². The molecule has 1 amide bonds. The number of alkyl halides is 6. The number of nitrogens with one attached hydrogen (secondary N) is 1. The van der Waals surface area contributed by atoms with E-state index in [4.69, 9.17) is 11.6 Å². The van der Waals surface area contributed by atoms with Gasteiger partial charge in [0.1, 0.15) is 10.8 Å². The number of hydrogen-bond acceptors (Lipinski definition) is 5. The molecule has 6 nitrogen and oxygen atoms in total. The Hall–Kier alpha value is -3.19. The summed E-state index contributed by atoms with van der Waals surface area (Å²) in [6.45, 7) is 0. The van der Waals surface area contributed by atoms with E-state index in [-0.39, 0.29) is 16.5 Å². The number of carbonyl (C=O) groups excluding carboxylic acids is 1. The second-order valence-corrected chi connectivity index (χ2v) is 7.57. The van der Waals surface area contributed by atoms with Gasteiger partial charge in [-0.3, -0.25) is 9.78 Å². The Balaban J connectivity index is 1.78. The number of thiophene rings is 1. The molecule has 0 unspecified atom stereocenters. The minimum Gasteiger partial charge on any atom is -0.322 e. The van der Waals surface area contributed by atoms with Crippen molar-refractivity contribution in [2.45, 2.75) is 12.4 Å². The molecule has 0 radical (unpaired) electrons. The fraction of sp³-hybridized carbons (Fsp3) is 0.111. The van der Waals surface area contributed by atoms with E-state index in [2.05, 4.69) is 15.1 Å². The molecular weight excluding hydrogens is 484 g/mol. The highest BCUT2D eigenvalue weighted by Crippen LogP contribution is 2.37. The molecule has 0 bridgehead atoms. The van der Waals surface area contributed by atoms with Crippen molar-refractivity contribution in [1.29, 1.82) is 0 Å². The summed E-state index contributed by atoms with van der Waals surface area (Å²) in [5.74, 6) is -1.30. The number of halogens is 7. The Bertz CT molecular complexity index is 1330. The van der Waals surface area contributed by atoms with Gasteiger partial charge in [-0.1, -0.05) is 11.6 Å². The van der Waals surface area contributed by atoms with E-state index in [9.17, 15) is 31.1 Å². The van der Waals surface area contributed by atoms with Crippen LogP contribution in [-0.4, -0.2) is 25.7 Å². The second-order valence-electron chi connectivity index (χ2n) is 6.30. The molecule has 0 saturated heterocycles. The van der Waals surface area contributed by atoms with Crippen molar-refractivity contribution in [3.63, 3.8) is 0 Å². The fourth-order valence-electron chi connectivity index (χ4n) is 2.92. The molecule has 4 aromatic heterocycles. The second kappa shape index (κ2) is 7.74. The van der Waals surface area contributed by atoms with E-state index in [1.54, 1.807) is 5.38 Å². The number of hydrogen-bond donors (Lipinski definition) is 1. The van der Waals surface area contributed by atoms with Gasteiger partial charge < -0.3 is 5.32 Å². The third-order valence-corrected chi connectivity index (χ3v) is 5.57. The van der Waals surface area contributed by atoms with Gasteiger partial charge in [0.25, 0.3) is 5.91 Å². The maximum Gasteiger partial charge on any atom is 0.434 e. The molecule has 0 aliphatic carbocycles. The largest absolute Gasteiger partial charge is 0.434 e. The molecule has 14 heteroatoms. The average molecular weight is 492 g/mol. The predicted molar refractivity (Wildman–Crippen MR) is 104 cm³/mol. The molecule has 4 rings (SSSR count). The predicted octanol–water partition coefficient (Wildman–Crippen LogP) is 5.82. The smallest absolute Gasteiger partial charge is 0.322 e. The Labute approximate surface area is 183 Å². The first-order valence-electron chi connectivity index (χ1n) is 8.48. The van der Waals surface area contributed by atoms with E-state index in [1.807, 2.05) is 5.32 Å². The van der Waals surface area contributed by atoms with Crippen molar-refractivity contribution in [2.75, 3.05) is 5.32 Å². The van der Waals surface area contributed by atoms with Crippen molar-refractivity contribution >= 4 is 44.6 Å². The molecule has 1 N–H and O–H groups in total. The molecule has 0 fully saturated rings. The molecule has 0 saturated carbocycles. The van der Waals surface area contributed by atoms with Crippen LogP contribution in [0.4, 0.5) is 32.0 Å². The maximum absolute atomic E-state index is 13.9. The summed E-state index contributed by atoms with van der Waals surface area (Å²) in [5, 5.41) is 7.75. The van der Waals surface area contributed by atoms with Gasteiger partial charge >= 0.3 is 12.4 Å². The number of nitrogens with zero attached hydrogens (tertiary/aromatic N) is 4. The number of carbonyl (C=O) groups is 1. The fourth-order valence-corrected chi connectivity index (χ4v) is 3.99. The highest BCUT2D eigenvalue weighted by molar-refractivity contribution is 7.17. The van der Waals surface area contributed by atoms with Gasteiger partial charge in [-0.25, -0.2) is 9.67 Å². The summed E-state index contributed by atoms with van der Waals surface area (Å²) in [5.41, 5.74) is -4.07. The third kappa shape index (κ3) is 4.00. The molecule has 0 atom stereocenters. The van der Waals surface area contributed by atoms with E-state index in [0.29, 0.717) is 27.0 Å². The average Bonchev–Trinajstić information content (AvgIpc) is 3.35. The minimum atomic E-state index is -5.03. The molecule has 0 aromatic carbocycles. The summed E-state index contributed by atoms with van der Waals surface area (Å²) < 4.78 is 81.1. The number of pyridine rings is 2. The zero-order valence-electron chi connectivity index (χ0n) is 15.3. The number of aromatic nitrogens is 4. The van der Waals surface area contributed by atoms with Crippen molar-refractivity contribution in [3.8, 4) is 5.69 Å². The molecule has 4 heterocycles. The van der Waals surface area contributed by atoms with Crippen molar-refractivity contribution in [2.24, 2.45) is 0 Å². The van der Waals surface area contributed by atoms with E-state index in [1.165, 1.54) is 6.07 Å². The van der Waals surface area contributed by atoms with Crippen molar-refractivity contribution in [1.82, 2.24) is 19.7 Å². The first kappa shape index (κ1) is 22.0. The van der Waals surface area contributed by atoms with E-state index < -0.39 is 35.2 Å². The van der Waals surface area contributed by atoms with Crippen molar-refractivity contribution in [3.05, 3.63) is 64.3 Å². The van der Waals surface area contributed by atoms with Crippen LogP contribution in [0, 0.1) is 0 Å². The van der Waals surface area contributed by atoms with Gasteiger partial charge in [-0.15, -0.1) is 11.3 Å². The Morgan fingerprint density at radius 1 is 1.06 bits per heavy atom. The topological polar surface area (TPSA) is 72.7 Å². The Morgan fingerprint density at radius 3 is 2.50 bits per heavy atom. The Kier molecular flexibility index (Phi) is 5.33. The normalized spacial score (nSPS) is 12.3. The van der Waals surface area contributed by atoms with Gasteiger partial charge in [0.05, 0.1) is 28.3 Å². The minimum absolute atomic E-state index is 0.0692. The van der Waals surface area contributed by atoms with Gasteiger partial charge in [0.2, 0.25) is 0 Å². The standard InChI is InChI=1S/C18H8ClF6N5OS/c19-15-13-9(2-4-32-13)11(7-27-15)30-14(18(23,24)25)10(6-28-30)16(31)29-8-1-3-26-12(5-8)17(20,21)22/h1-7H,(H,26,29,31). The number of fused-ring (bicyclic) bond motifs is 1. The maximum atomic E-state index is 13.9. The number of anilines is 1. The summed E-state index contributed by atoms with van der Waals surface area (Å²) in [4.78, 5) is 19.6. The molecule has 0 spiro atoms. The third-order valence-electron chi connectivity index (χ3n) is 4.25. The van der Waals surface area contributed by atoms with Crippen LogP contribution >= 0.6 is 22.9 Å². The first-order chi connectivity index (χ1) is 15.0. The van der Waals surface area contributed by atoms with Crippen LogP contribution in [-0.2, 0) is 12.4 Å². The summed E-state index contributed by atoms with van der Waals surface area (Å²) >= 11 is 7.14. The molecule has 0 aliphatic heterocycles. The highest BCUT2D eigenvalue weighted by Gasteiger charge is 2.41. The number of amides is 1. The molecule has 32 heavy (non-hydrogen) atoms. The zero-order valence-corrected chi connectivity index (χ0v) is 16.9. The van der Waals surface area contributed by atoms with Crippen LogP contribution in [0.3, 0.4) is 0 Å². The molecule has 0 aliphatic rings. The lowest BCUT2D eigenvalue weighted by molar-refractivity contribution is -0.143. The van der Waals surface area contributed by atoms with Gasteiger partial charge in [0.15, 0.2) is 5.69 Å². The lowest BCUT2D eigenvalue weighted by atomic mass is 10.2. The van der Waals surface area contributed by atoms with Gasteiger partial charge in [-0.05, 0) is 23.6 Å². The number of rotatable bonds is 3. The molecule has 4 aromatic rings. The Morgan fingerprint density at radius 2 is 1.81 bits per heavy atom. The summed E-state index contributed by atoms with van der Waals surface area (Å²) in [7, 11) is 0. The van der Waals surface area contributed by atoms with Crippen molar-refractivity contribution < 1.29 is 31.1 Å². The quantitative estimate of drug-likeness (QED) is 0.289. The monoisotopic (exact) mass is 491 g/mol.